The Kier molecular flexibility index (Phi) is 6.08. The van der Waals surface area contributed by atoms with Crippen molar-refractivity contribution in [2.75, 3.05) is 6.54 Å². The summed E-state index contributed by atoms with van der Waals surface area (Å²) in [6.45, 7) is 7.87. The third-order valence-electron chi connectivity index (χ3n) is 2.53. The Hall–Kier alpha value is -1.69. The van der Waals surface area contributed by atoms with Crippen LogP contribution in [0, 0.1) is 11.6 Å². The van der Waals surface area contributed by atoms with E-state index >= 15 is 0 Å². The molecule has 0 aliphatic rings. The van der Waals surface area contributed by atoms with Crippen LogP contribution in [0.2, 0.25) is 0 Å². The number of hydrogen-bond donors (Lipinski definition) is 2. The molecule has 0 heterocycles. The molecule has 0 aromatic heterocycles. The van der Waals surface area contributed by atoms with E-state index in [2.05, 4.69) is 10.6 Å². The van der Waals surface area contributed by atoms with Gasteiger partial charge in [-0.15, -0.1) is 0 Å². The number of alkyl carbamates (subject to hydrolysis) is 1. The molecule has 1 rings (SSSR count). The molecule has 0 spiro atoms. The summed E-state index contributed by atoms with van der Waals surface area (Å²) in [5.41, 5.74) is -0.0311. The molecule has 118 valence electrons. The molecule has 0 fully saturated rings. The molecule has 1 aromatic carbocycles. The highest BCUT2D eigenvalue weighted by Gasteiger charge is 2.16. The van der Waals surface area contributed by atoms with Crippen LogP contribution >= 0.6 is 0 Å². The molecule has 1 atom stereocenters. The predicted molar refractivity (Wildman–Crippen MR) is 76.9 cm³/mol. The van der Waals surface area contributed by atoms with Crippen LogP contribution in [0.5, 0.6) is 0 Å². The second-order valence-electron chi connectivity index (χ2n) is 5.94. The number of rotatable bonds is 5. The van der Waals surface area contributed by atoms with Crippen LogP contribution in [0.3, 0.4) is 0 Å². The van der Waals surface area contributed by atoms with Gasteiger partial charge in [0.1, 0.15) is 17.2 Å². The van der Waals surface area contributed by atoms with Crippen LogP contribution in [0.4, 0.5) is 13.6 Å². The van der Waals surface area contributed by atoms with Gasteiger partial charge in [-0.1, -0.05) is 0 Å². The molecule has 1 aromatic rings. The molecule has 1 unspecified atom stereocenters. The summed E-state index contributed by atoms with van der Waals surface area (Å²) in [4.78, 5) is 11.5. The average molecular weight is 300 g/mol. The van der Waals surface area contributed by atoms with Crippen LogP contribution in [-0.2, 0) is 11.3 Å². The van der Waals surface area contributed by atoms with Gasteiger partial charge in [-0.05, 0) is 45.4 Å². The van der Waals surface area contributed by atoms with Crippen molar-refractivity contribution in [3.05, 3.63) is 35.4 Å². The van der Waals surface area contributed by atoms with Crippen LogP contribution in [0.15, 0.2) is 18.2 Å². The normalized spacial score (nSPS) is 12.9. The highest BCUT2D eigenvalue weighted by Crippen LogP contribution is 2.08. The Morgan fingerprint density at radius 3 is 2.33 bits per heavy atom. The molecule has 0 aliphatic heterocycles. The fraction of sp³-hybridized carbons (Fsp3) is 0.533. The Labute approximate surface area is 123 Å². The predicted octanol–water partition coefficient (Wildman–Crippen LogP) is 2.97. The minimum atomic E-state index is -0.605. The lowest BCUT2D eigenvalue weighted by molar-refractivity contribution is 0.0523. The zero-order valence-electron chi connectivity index (χ0n) is 12.8. The first-order valence-electron chi connectivity index (χ1n) is 6.81. The van der Waals surface area contributed by atoms with Gasteiger partial charge in [-0.2, -0.15) is 0 Å². The van der Waals surface area contributed by atoms with E-state index in [-0.39, 0.29) is 6.04 Å². The Balaban J connectivity index is 2.34. The number of hydrogen-bond acceptors (Lipinski definition) is 3. The van der Waals surface area contributed by atoms with Gasteiger partial charge in [-0.3, -0.25) is 0 Å². The lowest BCUT2D eigenvalue weighted by atomic mass is 10.2. The first-order valence-corrected chi connectivity index (χ1v) is 6.81. The lowest BCUT2D eigenvalue weighted by Gasteiger charge is -2.21. The third kappa shape index (κ3) is 7.60. The number of carbonyl (C=O) groups excluding carboxylic acids is 1. The van der Waals surface area contributed by atoms with Gasteiger partial charge in [0.05, 0.1) is 0 Å². The molecule has 0 aliphatic carbocycles. The number of nitrogens with one attached hydrogen (secondary N) is 2. The summed E-state index contributed by atoms with van der Waals surface area (Å²) >= 11 is 0. The minimum absolute atomic E-state index is 0.0659. The van der Waals surface area contributed by atoms with Gasteiger partial charge in [0.15, 0.2) is 0 Å². The van der Waals surface area contributed by atoms with Crippen molar-refractivity contribution in [3.8, 4) is 0 Å². The number of carbonyl (C=O) groups is 1. The van der Waals surface area contributed by atoms with E-state index in [0.29, 0.717) is 18.7 Å². The summed E-state index contributed by atoms with van der Waals surface area (Å²) in [6, 6.07) is 3.30. The molecule has 0 radical (unpaired) electrons. The number of benzene rings is 1. The molecule has 0 saturated heterocycles. The second-order valence-corrected chi connectivity index (χ2v) is 5.94. The van der Waals surface area contributed by atoms with Crippen LogP contribution < -0.4 is 10.6 Å². The average Bonchev–Trinajstić information content (AvgIpc) is 2.30. The first kappa shape index (κ1) is 17.4. The van der Waals surface area contributed by atoms with E-state index in [1.807, 2.05) is 6.92 Å². The van der Waals surface area contributed by atoms with Gasteiger partial charge in [0.25, 0.3) is 0 Å². The van der Waals surface area contributed by atoms with E-state index in [9.17, 15) is 13.6 Å². The molecule has 0 bridgehead atoms. The summed E-state index contributed by atoms with van der Waals surface area (Å²) in [5.74, 6) is -1.21. The van der Waals surface area contributed by atoms with Crippen molar-refractivity contribution in [3.63, 3.8) is 0 Å². The highest BCUT2D eigenvalue weighted by atomic mass is 19.1. The van der Waals surface area contributed by atoms with Gasteiger partial charge in [0, 0.05) is 25.2 Å². The van der Waals surface area contributed by atoms with E-state index in [0.717, 1.165) is 6.07 Å². The van der Waals surface area contributed by atoms with Crippen molar-refractivity contribution in [2.45, 2.75) is 45.9 Å². The van der Waals surface area contributed by atoms with Gasteiger partial charge in [0.2, 0.25) is 0 Å². The van der Waals surface area contributed by atoms with Gasteiger partial charge < -0.3 is 15.4 Å². The van der Waals surface area contributed by atoms with Crippen molar-refractivity contribution in [1.29, 1.82) is 0 Å². The van der Waals surface area contributed by atoms with Crippen molar-refractivity contribution < 1.29 is 18.3 Å². The minimum Gasteiger partial charge on any atom is -0.444 e. The van der Waals surface area contributed by atoms with Gasteiger partial charge in [-0.25, -0.2) is 13.6 Å². The van der Waals surface area contributed by atoms with E-state index in [1.54, 1.807) is 20.8 Å². The Morgan fingerprint density at radius 1 is 1.24 bits per heavy atom. The van der Waals surface area contributed by atoms with Crippen LogP contribution in [0.25, 0.3) is 0 Å². The monoisotopic (exact) mass is 300 g/mol. The fourth-order valence-corrected chi connectivity index (χ4v) is 1.63. The second kappa shape index (κ2) is 7.36. The molecule has 2 N–H and O–H groups in total. The van der Waals surface area contributed by atoms with Gasteiger partial charge >= 0.3 is 6.09 Å². The maximum atomic E-state index is 13.0. The maximum absolute atomic E-state index is 13.0. The molecule has 21 heavy (non-hydrogen) atoms. The third-order valence-corrected chi connectivity index (χ3v) is 2.53. The summed E-state index contributed by atoms with van der Waals surface area (Å²) in [5, 5.41) is 5.69. The molecular weight excluding hydrogens is 278 g/mol. The lowest BCUT2D eigenvalue weighted by Crippen LogP contribution is -2.41. The SMILES string of the molecule is CC(CNC(=O)OC(C)(C)C)NCc1cc(F)cc(F)c1. The Bertz CT molecular complexity index is 467. The largest absolute Gasteiger partial charge is 0.444 e. The molecule has 0 saturated carbocycles. The molecule has 4 nitrogen and oxygen atoms in total. The molecular formula is C15H22F2N2O2. The zero-order valence-corrected chi connectivity index (χ0v) is 12.8. The number of ether oxygens (including phenoxy) is 1. The summed E-state index contributed by atoms with van der Waals surface area (Å²) < 4.78 is 31.2. The number of halogens is 2. The maximum Gasteiger partial charge on any atom is 0.407 e. The number of amides is 1. The molecule has 1 amide bonds. The zero-order chi connectivity index (χ0) is 16.0. The Morgan fingerprint density at radius 2 is 1.81 bits per heavy atom. The van der Waals surface area contributed by atoms with Crippen LogP contribution in [-0.4, -0.2) is 24.3 Å². The summed E-state index contributed by atoms with van der Waals surface area (Å²) in [6.07, 6.45) is -0.493. The van der Waals surface area contributed by atoms with Crippen molar-refractivity contribution in [1.82, 2.24) is 10.6 Å². The van der Waals surface area contributed by atoms with Crippen LogP contribution in [0.1, 0.15) is 33.3 Å². The highest BCUT2D eigenvalue weighted by molar-refractivity contribution is 5.67. The molecule has 6 heteroatoms. The standard InChI is InChI=1S/C15H22F2N2O2/c1-10(8-19-14(20)21-15(2,3)4)18-9-11-5-12(16)7-13(17)6-11/h5-7,10,18H,8-9H2,1-4H3,(H,19,20). The van der Waals surface area contributed by atoms with E-state index < -0.39 is 23.3 Å². The fourth-order valence-electron chi connectivity index (χ4n) is 1.63. The van der Waals surface area contributed by atoms with Crippen molar-refractivity contribution in [2.24, 2.45) is 0 Å². The van der Waals surface area contributed by atoms with E-state index in [4.69, 9.17) is 4.74 Å². The topological polar surface area (TPSA) is 50.4 Å². The van der Waals surface area contributed by atoms with Crippen molar-refractivity contribution >= 4 is 6.09 Å². The first-order chi connectivity index (χ1) is 9.65. The quantitative estimate of drug-likeness (QED) is 0.879. The smallest absolute Gasteiger partial charge is 0.407 e. The summed E-state index contributed by atoms with van der Waals surface area (Å²) in [7, 11) is 0. The van der Waals surface area contributed by atoms with E-state index in [1.165, 1.54) is 12.1 Å².